The number of hydrogen-bond acceptors (Lipinski definition) is 2. The Labute approximate surface area is 100 Å². The zero-order valence-corrected chi connectivity index (χ0v) is 9.67. The molecule has 1 aromatic rings. The van der Waals surface area contributed by atoms with Gasteiger partial charge >= 0.3 is 11.9 Å². The van der Waals surface area contributed by atoms with E-state index in [0.717, 1.165) is 0 Å². The van der Waals surface area contributed by atoms with Crippen LogP contribution in [0.2, 0.25) is 0 Å². The molecule has 0 bridgehead atoms. The summed E-state index contributed by atoms with van der Waals surface area (Å²) in [5.74, 6) is -2.51. The van der Waals surface area contributed by atoms with E-state index >= 15 is 0 Å². The van der Waals surface area contributed by atoms with E-state index in [1.807, 2.05) is 0 Å². The molecule has 17 heavy (non-hydrogen) atoms. The third-order valence-electron chi connectivity index (χ3n) is 1.75. The topological polar surface area (TPSA) is 74.6 Å². The largest absolute Gasteiger partial charge is 0.478 e. The minimum atomic E-state index is -1.26. The molecule has 2 N–H and O–H groups in total. The summed E-state index contributed by atoms with van der Waals surface area (Å²) in [5.41, 5.74) is 1.44. The number of aliphatic carboxylic acids is 2. The normalized spacial score (nSPS) is 9.47. The molecule has 0 amide bonds. The van der Waals surface area contributed by atoms with E-state index in [2.05, 4.69) is 37.3 Å². The van der Waals surface area contributed by atoms with Crippen molar-refractivity contribution in [3.05, 3.63) is 48.0 Å². The third-order valence-corrected chi connectivity index (χ3v) is 1.75. The van der Waals surface area contributed by atoms with E-state index in [1.54, 1.807) is 0 Å². The summed E-state index contributed by atoms with van der Waals surface area (Å²) in [6, 6.07) is 10.6. The first-order valence-electron chi connectivity index (χ1n) is 5.24. The van der Waals surface area contributed by atoms with Gasteiger partial charge in [-0.3, -0.25) is 0 Å². The van der Waals surface area contributed by atoms with Crippen LogP contribution >= 0.6 is 0 Å². The Morgan fingerprint density at radius 1 is 1.06 bits per heavy atom. The molecular formula is C13H16O4. The molecule has 1 aromatic carbocycles. The van der Waals surface area contributed by atoms with Gasteiger partial charge in [0.05, 0.1) is 0 Å². The minimum Gasteiger partial charge on any atom is -0.478 e. The Hall–Kier alpha value is -2.10. The lowest BCUT2D eigenvalue weighted by Crippen LogP contribution is -1.91. The van der Waals surface area contributed by atoms with Gasteiger partial charge in [0.2, 0.25) is 0 Å². The number of rotatable bonds is 4. The average molecular weight is 236 g/mol. The van der Waals surface area contributed by atoms with Crippen LogP contribution in [0.25, 0.3) is 0 Å². The fraction of sp³-hybridized carbons (Fsp3) is 0.231. The van der Waals surface area contributed by atoms with Crippen LogP contribution in [0.4, 0.5) is 0 Å². The summed E-state index contributed by atoms with van der Waals surface area (Å²) in [6.45, 7) is 2.20. The summed E-state index contributed by atoms with van der Waals surface area (Å²) in [5, 5.41) is 15.6. The van der Waals surface area contributed by atoms with Crippen LogP contribution in [0.5, 0.6) is 0 Å². The second-order valence-electron chi connectivity index (χ2n) is 3.25. The number of carbonyl (C=O) groups is 2. The maximum Gasteiger partial charge on any atom is 0.328 e. The van der Waals surface area contributed by atoms with E-state index in [4.69, 9.17) is 10.2 Å². The van der Waals surface area contributed by atoms with Gasteiger partial charge in [0.1, 0.15) is 0 Å². The van der Waals surface area contributed by atoms with E-state index in [0.29, 0.717) is 12.2 Å². The van der Waals surface area contributed by atoms with Crippen LogP contribution < -0.4 is 0 Å². The summed E-state index contributed by atoms with van der Waals surface area (Å²) in [6.07, 6.45) is 3.56. The van der Waals surface area contributed by atoms with Gasteiger partial charge in [-0.2, -0.15) is 0 Å². The summed E-state index contributed by atoms with van der Waals surface area (Å²) in [7, 11) is 0. The van der Waals surface area contributed by atoms with Crippen molar-refractivity contribution in [2.24, 2.45) is 0 Å². The van der Waals surface area contributed by atoms with Gasteiger partial charge in [-0.1, -0.05) is 43.7 Å². The zero-order valence-electron chi connectivity index (χ0n) is 9.67. The lowest BCUT2D eigenvalue weighted by atomic mass is 10.1. The van der Waals surface area contributed by atoms with Crippen molar-refractivity contribution in [2.75, 3.05) is 0 Å². The quantitative estimate of drug-likeness (QED) is 0.787. The number of carboxylic acids is 2. The van der Waals surface area contributed by atoms with Crippen LogP contribution in [0.3, 0.4) is 0 Å². The van der Waals surface area contributed by atoms with Gasteiger partial charge in [-0.25, -0.2) is 9.59 Å². The molecule has 0 heterocycles. The minimum absolute atomic E-state index is 0.558. The summed E-state index contributed by atoms with van der Waals surface area (Å²) < 4.78 is 0. The Balaban J connectivity index is 0.000000304. The molecule has 0 aromatic heterocycles. The predicted octanol–water partition coefficient (Wildman–Crippen LogP) is 2.35. The second-order valence-corrected chi connectivity index (χ2v) is 3.25. The second kappa shape index (κ2) is 9.15. The van der Waals surface area contributed by atoms with Crippen LogP contribution in [0.1, 0.15) is 18.9 Å². The van der Waals surface area contributed by atoms with Crippen molar-refractivity contribution in [3.8, 4) is 0 Å². The molecule has 0 aliphatic rings. The van der Waals surface area contributed by atoms with Gasteiger partial charge in [-0.05, 0) is 12.0 Å². The Morgan fingerprint density at radius 2 is 1.53 bits per heavy atom. The lowest BCUT2D eigenvalue weighted by Gasteiger charge is -1.93. The van der Waals surface area contributed by atoms with Gasteiger partial charge in [-0.15, -0.1) is 0 Å². The highest BCUT2D eigenvalue weighted by molar-refractivity contribution is 5.89. The fourth-order valence-electron chi connectivity index (χ4n) is 1.08. The smallest absolute Gasteiger partial charge is 0.328 e. The number of aryl methyl sites for hydroxylation is 1. The number of benzene rings is 1. The van der Waals surface area contributed by atoms with Crippen molar-refractivity contribution >= 4 is 11.9 Å². The highest BCUT2D eigenvalue weighted by Gasteiger charge is 1.88. The molecule has 0 unspecified atom stereocenters. The molecule has 0 saturated heterocycles. The van der Waals surface area contributed by atoms with Gasteiger partial charge in [0, 0.05) is 12.2 Å². The molecule has 0 aliphatic carbocycles. The maximum atomic E-state index is 9.55. The first-order valence-corrected chi connectivity index (χ1v) is 5.24. The SMILES string of the molecule is CCCc1ccccc1.O=C(O)C=CC(=O)O. The molecule has 0 radical (unpaired) electrons. The van der Waals surface area contributed by atoms with Crippen molar-refractivity contribution in [2.45, 2.75) is 19.8 Å². The van der Waals surface area contributed by atoms with Crippen LogP contribution in [-0.2, 0) is 16.0 Å². The number of hydrogen-bond donors (Lipinski definition) is 2. The van der Waals surface area contributed by atoms with Crippen molar-refractivity contribution in [1.29, 1.82) is 0 Å². The molecule has 0 saturated carbocycles. The molecule has 0 spiro atoms. The maximum absolute atomic E-state index is 9.55. The highest BCUT2D eigenvalue weighted by atomic mass is 16.4. The van der Waals surface area contributed by atoms with Gasteiger partial charge < -0.3 is 10.2 Å². The predicted molar refractivity (Wildman–Crippen MR) is 64.8 cm³/mol. The molecule has 92 valence electrons. The Morgan fingerprint density at radius 3 is 1.88 bits per heavy atom. The standard InChI is InChI=1S/C9H12.C4H4O4/c1-2-6-9-7-4-3-5-8-9;5-3(6)1-2-4(7)8/h3-5,7-8H,2,6H2,1H3;1-2H,(H,5,6)(H,7,8). The molecule has 0 fully saturated rings. The summed E-state index contributed by atoms with van der Waals surface area (Å²) in [4.78, 5) is 19.1. The van der Waals surface area contributed by atoms with Crippen LogP contribution in [-0.4, -0.2) is 22.2 Å². The molecule has 1 rings (SSSR count). The fourth-order valence-corrected chi connectivity index (χ4v) is 1.08. The van der Waals surface area contributed by atoms with Crippen LogP contribution in [0.15, 0.2) is 42.5 Å². The molecular weight excluding hydrogens is 220 g/mol. The average Bonchev–Trinajstić information content (AvgIpc) is 2.29. The lowest BCUT2D eigenvalue weighted by molar-refractivity contribution is -0.134. The van der Waals surface area contributed by atoms with Crippen molar-refractivity contribution in [3.63, 3.8) is 0 Å². The van der Waals surface area contributed by atoms with Gasteiger partial charge in [0.15, 0.2) is 0 Å². The Bertz CT molecular complexity index is 352. The third kappa shape index (κ3) is 10.2. The highest BCUT2D eigenvalue weighted by Crippen LogP contribution is 2.00. The van der Waals surface area contributed by atoms with Crippen LogP contribution in [0, 0.1) is 0 Å². The van der Waals surface area contributed by atoms with E-state index < -0.39 is 11.9 Å². The first-order chi connectivity index (χ1) is 8.06. The van der Waals surface area contributed by atoms with Crippen molar-refractivity contribution in [1.82, 2.24) is 0 Å². The Kier molecular flexibility index (Phi) is 8.02. The molecule has 0 atom stereocenters. The van der Waals surface area contributed by atoms with E-state index in [9.17, 15) is 9.59 Å². The first kappa shape index (κ1) is 14.9. The van der Waals surface area contributed by atoms with Gasteiger partial charge in [0.25, 0.3) is 0 Å². The molecule has 0 aliphatic heterocycles. The monoisotopic (exact) mass is 236 g/mol. The zero-order chi connectivity index (χ0) is 13.1. The number of carboxylic acid groups (broad SMARTS) is 2. The summed E-state index contributed by atoms with van der Waals surface area (Å²) >= 11 is 0. The van der Waals surface area contributed by atoms with E-state index in [1.165, 1.54) is 18.4 Å². The van der Waals surface area contributed by atoms with E-state index in [-0.39, 0.29) is 0 Å². The molecule has 4 heteroatoms. The molecule has 4 nitrogen and oxygen atoms in total. The van der Waals surface area contributed by atoms with Crippen molar-refractivity contribution < 1.29 is 19.8 Å².